The SMILES string of the molecule is Cc1cc(C(F)(F)F)nnc1C(F)(F)F. The van der Waals surface area contributed by atoms with E-state index in [2.05, 4.69) is 10.2 Å². The second kappa shape index (κ2) is 3.35. The number of aryl methyl sites for hydroxylation is 1. The Morgan fingerprint density at radius 2 is 1.47 bits per heavy atom. The molecule has 0 N–H and O–H groups in total. The van der Waals surface area contributed by atoms with Gasteiger partial charge < -0.3 is 0 Å². The number of nitrogens with zero attached hydrogens (tertiary/aromatic N) is 2. The summed E-state index contributed by atoms with van der Waals surface area (Å²) in [6.45, 7) is 0.896. The molecule has 0 bridgehead atoms. The predicted molar refractivity (Wildman–Crippen MR) is 36.8 cm³/mol. The highest BCUT2D eigenvalue weighted by molar-refractivity contribution is 5.23. The molecule has 0 fully saturated rings. The molecule has 84 valence electrons. The highest BCUT2D eigenvalue weighted by Crippen LogP contribution is 2.32. The number of alkyl halides is 6. The van der Waals surface area contributed by atoms with Gasteiger partial charge in [0.1, 0.15) is 0 Å². The molecule has 8 heteroatoms. The monoisotopic (exact) mass is 230 g/mol. The van der Waals surface area contributed by atoms with Gasteiger partial charge in [0.05, 0.1) is 0 Å². The van der Waals surface area contributed by atoms with Gasteiger partial charge >= 0.3 is 12.4 Å². The third-order valence-corrected chi connectivity index (χ3v) is 1.54. The van der Waals surface area contributed by atoms with E-state index in [0.29, 0.717) is 6.07 Å². The Hall–Kier alpha value is -1.34. The van der Waals surface area contributed by atoms with E-state index in [1.54, 1.807) is 0 Å². The standard InChI is InChI=1S/C7H4F6N2/c1-3-2-4(6(8,9)10)14-15-5(3)7(11,12)13/h2H,1H3. The number of aromatic nitrogens is 2. The Morgan fingerprint density at radius 1 is 0.933 bits per heavy atom. The maximum absolute atomic E-state index is 12.1. The van der Waals surface area contributed by atoms with Gasteiger partial charge in [-0.2, -0.15) is 26.3 Å². The van der Waals surface area contributed by atoms with E-state index >= 15 is 0 Å². The summed E-state index contributed by atoms with van der Waals surface area (Å²) in [7, 11) is 0. The van der Waals surface area contributed by atoms with Crippen LogP contribution in [0.15, 0.2) is 6.07 Å². The summed E-state index contributed by atoms with van der Waals surface area (Å²) in [5, 5.41) is 5.00. The van der Waals surface area contributed by atoms with Gasteiger partial charge in [-0.15, -0.1) is 10.2 Å². The zero-order valence-corrected chi connectivity index (χ0v) is 7.24. The van der Waals surface area contributed by atoms with E-state index in [0.717, 1.165) is 6.92 Å². The van der Waals surface area contributed by atoms with Crippen LogP contribution in [-0.2, 0) is 12.4 Å². The summed E-state index contributed by atoms with van der Waals surface area (Å²) < 4.78 is 72.3. The Balaban J connectivity index is 3.21. The lowest BCUT2D eigenvalue weighted by atomic mass is 10.2. The summed E-state index contributed by atoms with van der Waals surface area (Å²) in [5.41, 5.74) is -3.45. The van der Waals surface area contributed by atoms with Crippen LogP contribution in [0.25, 0.3) is 0 Å². The van der Waals surface area contributed by atoms with Crippen LogP contribution >= 0.6 is 0 Å². The maximum Gasteiger partial charge on any atom is 0.435 e. The van der Waals surface area contributed by atoms with Crippen molar-refractivity contribution in [2.24, 2.45) is 0 Å². The quantitative estimate of drug-likeness (QED) is 0.640. The fraction of sp³-hybridized carbons (Fsp3) is 0.429. The van der Waals surface area contributed by atoms with Crippen molar-refractivity contribution in [1.29, 1.82) is 0 Å². The van der Waals surface area contributed by atoms with Crippen molar-refractivity contribution in [1.82, 2.24) is 10.2 Å². The van der Waals surface area contributed by atoms with Gasteiger partial charge in [-0.25, -0.2) is 0 Å². The lowest BCUT2D eigenvalue weighted by molar-refractivity contribution is -0.148. The van der Waals surface area contributed by atoms with Crippen molar-refractivity contribution in [3.8, 4) is 0 Å². The highest BCUT2D eigenvalue weighted by atomic mass is 19.4. The van der Waals surface area contributed by atoms with Gasteiger partial charge in [-0.05, 0) is 18.6 Å². The molecule has 0 aliphatic heterocycles. The predicted octanol–water partition coefficient (Wildman–Crippen LogP) is 2.82. The molecule has 1 aromatic rings. The molecule has 0 saturated carbocycles. The highest BCUT2D eigenvalue weighted by Gasteiger charge is 2.38. The van der Waals surface area contributed by atoms with Gasteiger partial charge in [-0.1, -0.05) is 0 Å². The first kappa shape index (κ1) is 11.7. The van der Waals surface area contributed by atoms with Gasteiger partial charge in [-0.3, -0.25) is 0 Å². The van der Waals surface area contributed by atoms with Crippen LogP contribution in [0.1, 0.15) is 17.0 Å². The van der Waals surface area contributed by atoms with Crippen LogP contribution in [0.4, 0.5) is 26.3 Å². The van der Waals surface area contributed by atoms with Crippen molar-refractivity contribution in [2.45, 2.75) is 19.3 Å². The summed E-state index contributed by atoms with van der Waals surface area (Å²) >= 11 is 0. The van der Waals surface area contributed by atoms with Gasteiger partial charge in [0.25, 0.3) is 0 Å². The zero-order chi connectivity index (χ0) is 11.9. The van der Waals surface area contributed by atoms with E-state index in [-0.39, 0.29) is 0 Å². The van der Waals surface area contributed by atoms with Crippen molar-refractivity contribution >= 4 is 0 Å². The lowest BCUT2D eigenvalue weighted by Crippen LogP contribution is -2.16. The van der Waals surface area contributed by atoms with Crippen molar-refractivity contribution in [3.05, 3.63) is 23.0 Å². The summed E-state index contributed by atoms with van der Waals surface area (Å²) in [4.78, 5) is 0. The first-order chi connectivity index (χ1) is 6.62. The Labute approximate surface area is 79.9 Å². The molecular weight excluding hydrogens is 226 g/mol. The third-order valence-electron chi connectivity index (χ3n) is 1.54. The second-order valence-electron chi connectivity index (χ2n) is 2.76. The van der Waals surface area contributed by atoms with E-state index in [1.165, 1.54) is 0 Å². The minimum absolute atomic E-state index is 0.315. The Kier molecular flexibility index (Phi) is 2.62. The van der Waals surface area contributed by atoms with E-state index in [4.69, 9.17) is 0 Å². The van der Waals surface area contributed by atoms with Crippen LogP contribution in [0.2, 0.25) is 0 Å². The maximum atomic E-state index is 12.1. The molecule has 0 saturated heterocycles. The average Bonchev–Trinajstić information content (AvgIpc) is 1.99. The van der Waals surface area contributed by atoms with Gasteiger partial charge in [0, 0.05) is 0 Å². The molecule has 0 spiro atoms. The molecular formula is C7H4F6N2. The molecule has 2 nitrogen and oxygen atoms in total. The van der Waals surface area contributed by atoms with Gasteiger partial charge in [0.15, 0.2) is 11.4 Å². The van der Waals surface area contributed by atoms with Gasteiger partial charge in [0.2, 0.25) is 0 Å². The molecule has 0 radical (unpaired) electrons. The molecule has 15 heavy (non-hydrogen) atoms. The first-order valence-corrected chi connectivity index (χ1v) is 3.61. The molecule has 0 atom stereocenters. The molecule has 1 rings (SSSR count). The van der Waals surface area contributed by atoms with Crippen LogP contribution < -0.4 is 0 Å². The first-order valence-electron chi connectivity index (χ1n) is 3.61. The molecule has 0 aliphatic carbocycles. The Bertz CT molecular complexity index is 367. The summed E-state index contributed by atoms with van der Waals surface area (Å²) in [5.74, 6) is 0. The smallest absolute Gasteiger partial charge is 0.164 e. The Morgan fingerprint density at radius 3 is 1.80 bits per heavy atom. The minimum atomic E-state index is -4.79. The van der Waals surface area contributed by atoms with Crippen molar-refractivity contribution < 1.29 is 26.3 Å². The topological polar surface area (TPSA) is 25.8 Å². The number of hydrogen-bond acceptors (Lipinski definition) is 2. The van der Waals surface area contributed by atoms with Crippen LogP contribution in [0.5, 0.6) is 0 Å². The number of halogens is 6. The van der Waals surface area contributed by atoms with Crippen molar-refractivity contribution in [3.63, 3.8) is 0 Å². The number of hydrogen-bond donors (Lipinski definition) is 0. The van der Waals surface area contributed by atoms with E-state index < -0.39 is 29.3 Å². The summed E-state index contributed by atoms with van der Waals surface area (Å²) in [6, 6.07) is 0.315. The van der Waals surface area contributed by atoms with Crippen molar-refractivity contribution in [2.75, 3.05) is 0 Å². The largest absolute Gasteiger partial charge is 0.435 e. The third kappa shape index (κ3) is 2.57. The minimum Gasteiger partial charge on any atom is -0.164 e. The molecule has 1 aromatic heterocycles. The second-order valence-corrected chi connectivity index (χ2v) is 2.76. The van der Waals surface area contributed by atoms with Crippen LogP contribution in [-0.4, -0.2) is 10.2 Å². The van der Waals surface area contributed by atoms with E-state index in [1.807, 2.05) is 0 Å². The molecule has 0 amide bonds. The van der Waals surface area contributed by atoms with Crippen LogP contribution in [0, 0.1) is 6.92 Å². The molecule has 0 aromatic carbocycles. The van der Waals surface area contributed by atoms with E-state index in [9.17, 15) is 26.3 Å². The summed E-state index contributed by atoms with van der Waals surface area (Å²) in [6.07, 6.45) is -9.58. The lowest BCUT2D eigenvalue weighted by Gasteiger charge is -2.10. The number of rotatable bonds is 0. The normalized spacial score (nSPS) is 13.0. The van der Waals surface area contributed by atoms with Crippen LogP contribution in [0.3, 0.4) is 0 Å². The molecule has 1 heterocycles. The average molecular weight is 230 g/mol. The molecule has 0 aliphatic rings. The fourth-order valence-electron chi connectivity index (χ4n) is 0.904. The molecule has 0 unspecified atom stereocenters. The fourth-order valence-corrected chi connectivity index (χ4v) is 0.904. The zero-order valence-electron chi connectivity index (χ0n) is 7.24.